The molecule has 1 N–H and O–H groups in total. The van der Waals surface area contributed by atoms with E-state index < -0.39 is 0 Å². The molecule has 7 nitrogen and oxygen atoms in total. The number of ether oxygens (including phenoxy) is 2. The Morgan fingerprint density at radius 1 is 1.13 bits per heavy atom. The third-order valence-corrected chi connectivity index (χ3v) is 5.08. The van der Waals surface area contributed by atoms with Crippen molar-refractivity contribution in [1.82, 2.24) is 14.8 Å². The summed E-state index contributed by atoms with van der Waals surface area (Å²) in [5.74, 6) is 1.68. The number of para-hydroxylation sites is 3. The Morgan fingerprint density at radius 3 is 2.50 bits per heavy atom. The summed E-state index contributed by atoms with van der Waals surface area (Å²) in [4.78, 5) is 29.3. The van der Waals surface area contributed by atoms with Gasteiger partial charge in [-0.1, -0.05) is 37.8 Å². The van der Waals surface area contributed by atoms with Crippen LogP contribution in [0.5, 0.6) is 11.5 Å². The van der Waals surface area contributed by atoms with Crippen LogP contribution >= 0.6 is 0 Å². The van der Waals surface area contributed by atoms with Crippen molar-refractivity contribution in [1.29, 1.82) is 0 Å². The molecule has 0 fully saturated rings. The van der Waals surface area contributed by atoms with Gasteiger partial charge in [0, 0.05) is 30.2 Å². The maximum absolute atomic E-state index is 12.1. The standard InChI is InChI=1S/C15H17N3O2.C7H6O2.CH4/c1-17(10-19)9-15(20)18-7-6-12-11-4-2-3-5-13(11)16-14(12)8-18;1-2-4-7-6(3-1)8-5-9-7;/h2-5,10,16H,6-9H2,1H3;1-4H,5H2;1H4. The van der Waals surface area contributed by atoms with Crippen molar-refractivity contribution in [3.8, 4) is 11.5 Å². The molecule has 0 saturated carbocycles. The van der Waals surface area contributed by atoms with Crippen LogP contribution in [0.2, 0.25) is 0 Å². The molecule has 30 heavy (non-hydrogen) atoms. The molecule has 1 aromatic heterocycles. The van der Waals surface area contributed by atoms with Crippen LogP contribution in [0.4, 0.5) is 0 Å². The molecular formula is C23H27N3O4. The van der Waals surface area contributed by atoms with Gasteiger partial charge in [-0.3, -0.25) is 9.59 Å². The Kier molecular flexibility index (Phi) is 6.61. The zero-order chi connectivity index (χ0) is 20.2. The van der Waals surface area contributed by atoms with Crippen molar-refractivity contribution in [2.24, 2.45) is 0 Å². The van der Waals surface area contributed by atoms with Crippen LogP contribution in [-0.4, -0.2) is 54.0 Å². The van der Waals surface area contributed by atoms with E-state index >= 15 is 0 Å². The summed E-state index contributed by atoms with van der Waals surface area (Å²) in [5.41, 5.74) is 3.55. The van der Waals surface area contributed by atoms with E-state index in [0.717, 1.165) is 29.1 Å². The smallest absolute Gasteiger partial charge is 0.242 e. The maximum atomic E-state index is 12.1. The molecule has 0 bridgehead atoms. The molecule has 0 radical (unpaired) electrons. The third kappa shape index (κ3) is 4.40. The fourth-order valence-corrected chi connectivity index (χ4v) is 3.60. The van der Waals surface area contributed by atoms with E-state index in [0.29, 0.717) is 26.3 Å². The van der Waals surface area contributed by atoms with Gasteiger partial charge in [0.05, 0.1) is 13.1 Å². The fourth-order valence-electron chi connectivity index (χ4n) is 3.60. The molecule has 0 spiro atoms. The maximum Gasteiger partial charge on any atom is 0.242 e. The molecular weight excluding hydrogens is 382 g/mol. The number of aromatic amines is 1. The summed E-state index contributed by atoms with van der Waals surface area (Å²) >= 11 is 0. The SMILES string of the molecule is C.CN(C=O)CC(=O)N1CCc2c([nH]c3ccccc23)C1.c1ccc2c(c1)OCO2. The van der Waals surface area contributed by atoms with E-state index in [9.17, 15) is 9.59 Å². The summed E-state index contributed by atoms with van der Waals surface area (Å²) in [6.07, 6.45) is 1.53. The van der Waals surface area contributed by atoms with E-state index in [1.165, 1.54) is 15.8 Å². The number of nitrogens with one attached hydrogen (secondary N) is 1. The van der Waals surface area contributed by atoms with Crippen molar-refractivity contribution in [3.05, 3.63) is 59.8 Å². The van der Waals surface area contributed by atoms with Gasteiger partial charge in [-0.05, 0) is 30.2 Å². The van der Waals surface area contributed by atoms with Crippen molar-refractivity contribution in [2.45, 2.75) is 20.4 Å². The number of nitrogens with zero attached hydrogens (tertiary/aromatic N) is 2. The number of H-pyrrole nitrogens is 1. The van der Waals surface area contributed by atoms with Gasteiger partial charge >= 0.3 is 0 Å². The van der Waals surface area contributed by atoms with Crippen molar-refractivity contribution < 1.29 is 19.1 Å². The highest BCUT2D eigenvalue weighted by Gasteiger charge is 2.24. The van der Waals surface area contributed by atoms with Gasteiger partial charge in [-0.25, -0.2) is 0 Å². The van der Waals surface area contributed by atoms with Crippen molar-refractivity contribution >= 4 is 23.2 Å². The van der Waals surface area contributed by atoms with Crippen LogP contribution in [0, 0.1) is 0 Å². The normalized spacial score (nSPS) is 13.6. The molecule has 3 aromatic rings. The summed E-state index contributed by atoms with van der Waals surface area (Å²) in [5, 5.41) is 1.25. The lowest BCUT2D eigenvalue weighted by molar-refractivity contribution is -0.135. The van der Waals surface area contributed by atoms with Crippen LogP contribution < -0.4 is 9.47 Å². The Morgan fingerprint density at radius 2 is 1.80 bits per heavy atom. The number of fused-ring (bicyclic) bond motifs is 4. The van der Waals surface area contributed by atoms with Gasteiger partial charge in [-0.15, -0.1) is 0 Å². The molecule has 0 saturated heterocycles. The average Bonchev–Trinajstić information content (AvgIpc) is 3.37. The molecule has 5 rings (SSSR count). The molecule has 3 heterocycles. The highest BCUT2D eigenvalue weighted by molar-refractivity contribution is 5.86. The van der Waals surface area contributed by atoms with Gasteiger partial charge in [0.25, 0.3) is 0 Å². The zero-order valence-corrected chi connectivity index (χ0v) is 16.3. The van der Waals surface area contributed by atoms with Crippen LogP contribution in [0.25, 0.3) is 10.9 Å². The topological polar surface area (TPSA) is 74.9 Å². The van der Waals surface area contributed by atoms with E-state index in [2.05, 4.69) is 17.1 Å². The summed E-state index contributed by atoms with van der Waals surface area (Å²) in [6.45, 7) is 1.80. The van der Waals surface area contributed by atoms with E-state index in [-0.39, 0.29) is 19.9 Å². The van der Waals surface area contributed by atoms with Gasteiger partial charge < -0.3 is 24.3 Å². The first-order valence-electron chi connectivity index (χ1n) is 9.52. The Bertz CT molecular complexity index is 1010. The quantitative estimate of drug-likeness (QED) is 0.674. The zero-order valence-electron chi connectivity index (χ0n) is 16.3. The monoisotopic (exact) mass is 409 g/mol. The van der Waals surface area contributed by atoms with E-state index in [1.54, 1.807) is 11.9 Å². The summed E-state index contributed by atoms with van der Waals surface area (Å²) < 4.78 is 10.2. The fraction of sp³-hybridized carbons (Fsp3) is 0.304. The number of rotatable bonds is 3. The van der Waals surface area contributed by atoms with Crippen molar-refractivity contribution in [2.75, 3.05) is 26.9 Å². The van der Waals surface area contributed by atoms with E-state index in [1.807, 2.05) is 36.4 Å². The second-order valence-electron chi connectivity index (χ2n) is 7.07. The lowest BCUT2D eigenvalue weighted by atomic mass is 10.0. The van der Waals surface area contributed by atoms with Crippen molar-refractivity contribution in [3.63, 3.8) is 0 Å². The number of benzene rings is 2. The second-order valence-corrected chi connectivity index (χ2v) is 7.07. The molecule has 0 unspecified atom stereocenters. The van der Waals surface area contributed by atoms with Crippen LogP contribution in [0.1, 0.15) is 18.7 Å². The third-order valence-electron chi connectivity index (χ3n) is 5.08. The van der Waals surface area contributed by atoms with Crippen LogP contribution in [0.15, 0.2) is 48.5 Å². The highest BCUT2D eigenvalue weighted by atomic mass is 16.7. The molecule has 0 atom stereocenters. The number of hydrogen-bond acceptors (Lipinski definition) is 4. The molecule has 2 aliphatic heterocycles. The molecule has 158 valence electrons. The second kappa shape index (κ2) is 9.35. The molecule has 7 heteroatoms. The summed E-state index contributed by atoms with van der Waals surface area (Å²) in [6, 6.07) is 15.8. The Balaban J connectivity index is 0.000000214. The number of likely N-dealkylation sites (N-methyl/N-ethyl adjacent to an activating group) is 1. The van der Waals surface area contributed by atoms with Crippen LogP contribution in [0.3, 0.4) is 0 Å². The predicted octanol–water partition coefficient (Wildman–Crippen LogP) is 3.19. The first kappa shape index (κ1) is 21.2. The van der Waals surface area contributed by atoms with Crippen LogP contribution in [-0.2, 0) is 22.6 Å². The number of carbonyl (C=O) groups is 2. The minimum Gasteiger partial charge on any atom is -0.454 e. The predicted molar refractivity (Wildman–Crippen MR) is 115 cm³/mol. The minimum atomic E-state index is -0.0103. The van der Waals surface area contributed by atoms with Gasteiger partial charge in [-0.2, -0.15) is 0 Å². The largest absolute Gasteiger partial charge is 0.454 e. The minimum absolute atomic E-state index is 0. The lowest BCUT2D eigenvalue weighted by Gasteiger charge is -2.28. The van der Waals surface area contributed by atoms with E-state index in [4.69, 9.17) is 9.47 Å². The first-order valence-corrected chi connectivity index (χ1v) is 9.52. The molecule has 2 aromatic carbocycles. The Hall–Kier alpha value is -3.48. The number of amides is 2. The van der Waals surface area contributed by atoms with Gasteiger partial charge in [0.2, 0.25) is 19.1 Å². The number of carbonyl (C=O) groups excluding carboxylic acids is 2. The average molecular weight is 409 g/mol. The molecule has 2 aliphatic rings. The summed E-state index contributed by atoms with van der Waals surface area (Å²) in [7, 11) is 1.61. The Labute approximate surface area is 176 Å². The number of hydrogen-bond donors (Lipinski definition) is 1. The van der Waals surface area contributed by atoms with Gasteiger partial charge in [0.15, 0.2) is 11.5 Å². The molecule has 0 aliphatic carbocycles. The molecule has 2 amide bonds. The lowest BCUT2D eigenvalue weighted by Crippen LogP contribution is -2.41. The number of aromatic nitrogens is 1. The highest BCUT2D eigenvalue weighted by Crippen LogP contribution is 2.30. The first-order chi connectivity index (χ1) is 14.2. The van der Waals surface area contributed by atoms with Gasteiger partial charge in [0.1, 0.15) is 0 Å².